The van der Waals surface area contributed by atoms with E-state index in [4.69, 9.17) is 14.7 Å². The van der Waals surface area contributed by atoms with Crippen molar-refractivity contribution >= 4 is 34.8 Å². The molecular weight excluding hydrogens is 563 g/mol. The predicted molar refractivity (Wildman–Crippen MR) is 158 cm³/mol. The van der Waals surface area contributed by atoms with E-state index in [2.05, 4.69) is 22.5 Å². The van der Waals surface area contributed by atoms with Crippen molar-refractivity contribution in [3.63, 3.8) is 0 Å². The lowest BCUT2D eigenvalue weighted by Gasteiger charge is -2.38. The topological polar surface area (TPSA) is 117 Å². The summed E-state index contributed by atoms with van der Waals surface area (Å²) in [4.78, 5) is 27.5. The molecule has 1 saturated carbocycles. The fraction of sp³-hybridized carbons (Fsp3) is 0.600. The van der Waals surface area contributed by atoms with Gasteiger partial charge in [-0.1, -0.05) is 6.07 Å². The molecule has 1 aliphatic carbocycles. The highest BCUT2D eigenvalue weighted by Crippen LogP contribution is 2.39. The van der Waals surface area contributed by atoms with Crippen LogP contribution in [0.2, 0.25) is 0 Å². The van der Waals surface area contributed by atoms with E-state index in [0.717, 1.165) is 50.7 Å². The normalized spacial score (nSPS) is 21.0. The number of ether oxygens (including phenoxy) is 1. The summed E-state index contributed by atoms with van der Waals surface area (Å²) in [6.45, 7) is 9.52. The second-order valence-corrected chi connectivity index (χ2v) is 12.9. The zero-order valence-corrected chi connectivity index (χ0v) is 25.0. The first-order chi connectivity index (χ1) is 20.2. The number of anilines is 3. The Hall–Kier alpha value is -3.61. The highest BCUT2D eigenvalue weighted by atomic mass is 19.4. The van der Waals surface area contributed by atoms with Gasteiger partial charge < -0.3 is 25.4 Å². The minimum Gasteiger partial charge on any atom is -0.465 e. The maximum Gasteiger partial charge on any atom is 0.416 e. The van der Waals surface area contributed by atoms with E-state index < -0.39 is 23.4 Å². The van der Waals surface area contributed by atoms with Crippen LogP contribution in [0.4, 0.5) is 35.5 Å². The zero-order chi connectivity index (χ0) is 31.0. The molecule has 0 bridgehead atoms. The molecular formula is C30H40F3N7O3. The van der Waals surface area contributed by atoms with Gasteiger partial charge >= 0.3 is 12.3 Å². The number of hydrogen-bond acceptors (Lipinski definition) is 7. The molecule has 43 heavy (non-hydrogen) atoms. The standard InChI is InChI=1S/C30H40F3N7O3/c1-28(2,3)39(27(41)42)18-19-8-10-22(11-9-19)40-24-23(17-34-25(37-24)38-29(4)12-14-43-15-13-29)36-26(40)35-21-7-5-6-20(16-21)30(31,32)33/h5-7,16-17,19,22H,8-15,18H2,1-4H3,(H,35,36)(H,41,42)(H,34,37,38)/t19-,22-. The number of carboxylic acid groups (broad SMARTS) is 1. The Morgan fingerprint density at radius 2 is 1.84 bits per heavy atom. The van der Waals surface area contributed by atoms with Gasteiger partial charge in [0.15, 0.2) is 5.65 Å². The number of amides is 1. The van der Waals surface area contributed by atoms with Crippen molar-refractivity contribution < 1.29 is 27.8 Å². The Kier molecular flexibility index (Phi) is 8.47. The number of halogens is 3. The van der Waals surface area contributed by atoms with Gasteiger partial charge in [0.2, 0.25) is 11.9 Å². The molecule has 10 nitrogen and oxygen atoms in total. The van der Waals surface area contributed by atoms with Crippen LogP contribution in [0.3, 0.4) is 0 Å². The van der Waals surface area contributed by atoms with Gasteiger partial charge in [-0.2, -0.15) is 18.2 Å². The van der Waals surface area contributed by atoms with E-state index in [0.29, 0.717) is 42.8 Å². The van der Waals surface area contributed by atoms with Crippen LogP contribution in [0.25, 0.3) is 11.2 Å². The molecule has 1 saturated heterocycles. The Bertz CT molecular complexity index is 1440. The lowest BCUT2D eigenvalue weighted by molar-refractivity contribution is -0.137. The molecule has 1 aromatic carbocycles. The molecule has 1 aliphatic heterocycles. The molecule has 1 amide bonds. The number of imidazole rings is 1. The zero-order valence-electron chi connectivity index (χ0n) is 25.0. The average molecular weight is 604 g/mol. The summed E-state index contributed by atoms with van der Waals surface area (Å²) in [5, 5.41) is 16.4. The van der Waals surface area contributed by atoms with Crippen LogP contribution in [0.5, 0.6) is 0 Å². The molecule has 3 heterocycles. The predicted octanol–water partition coefficient (Wildman–Crippen LogP) is 7.08. The summed E-state index contributed by atoms with van der Waals surface area (Å²) < 4.78 is 47.8. The monoisotopic (exact) mass is 603 g/mol. The van der Waals surface area contributed by atoms with Crippen LogP contribution >= 0.6 is 0 Å². The number of alkyl halides is 3. The summed E-state index contributed by atoms with van der Waals surface area (Å²) in [6, 6.07) is 5.01. The Morgan fingerprint density at radius 3 is 2.47 bits per heavy atom. The summed E-state index contributed by atoms with van der Waals surface area (Å²) in [7, 11) is 0. The van der Waals surface area contributed by atoms with Gasteiger partial charge in [-0.15, -0.1) is 0 Å². The van der Waals surface area contributed by atoms with E-state index in [-0.39, 0.29) is 23.2 Å². The van der Waals surface area contributed by atoms with E-state index >= 15 is 0 Å². The molecule has 2 aromatic heterocycles. The first-order valence-corrected chi connectivity index (χ1v) is 14.8. The van der Waals surface area contributed by atoms with Crippen molar-refractivity contribution in [2.45, 2.75) is 89.5 Å². The number of nitrogens with one attached hydrogen (secondary N) is 2. The molecule has 234 valence electrons. The molecule has 2 aliphatic rings. The number of rotatable bonds is 7. The third-order valence-electron chi connectivity index (χ3n) is 8.55. The van der Waals surface area contributed by atoms with Gasteiger partial charge in [-0.05, 0) is 90.3 Å². The first kappa shape index (κ1) is 30.8. The second-order valence-electron chi connectivity index (χ2n) is 12.9. The number of benzene rings is 1. The molecule has 3 N–H and O–H groups in total. The molecule has 0 spiro atoms. The van der Waals surface area contributed by atoms with Crippen molar-refractivity contribution in [2.75, 3.05) is 30.4 Å². The molecule has 2 fully saturated rings. The quantitative estimate of drug-likeness (QED) is 0.262. The summed E-state index contributed by atoms with van der Waals surface area (Å²) in [5.74, 6) is 1.05. The van der Waals surface area contributed by atoms with Crippen molar-refractivity contribution in [1.29, 1.82) is 0 Å². The maximum atomic E-state index is 13.4. The number of aromatic nitrogens is 4. The maximum absolute atomic E-state index is 13.4. The number of nitrogens with zero attached hydrogens (tertiary/aromatic N) is 5. The minimum absolute atomic E-state index is 0.0381. The summed E-state index contributed by atoms with van der Waals surface area (Å²) in [6.07, 6.45) is 0.921. The van der Waals surface area contributed by atoms with Crippen LogP contribution in [0.15, 0.2) is 30.5 Å². The molecule has 0 unspecified atom stereocenters. The molecule has 13 heteroatoms. The van der Waals surface area contributed by atoms with Gasteiger partial charge in [0.05, 0.1) is 11.8 Å². The van der Waals surface area contributed by atoms with E-state index in [1.807, 2.05) is 25.3 Å². The highest BCUT2D eigenvalue weighted by Gasteiger charge is 2.34. The van der Waals surface area contributed by atoms with E-state index in [9.17, 15) is 23.1 Å². The van der Waals surface area contributed by atoms with Gasteiger partial charge in [0.25, 0.3) is 0 Å². The lowest BCUT2D eigenvalue weighted by atomic mass is 9.85. The lowest BCUT2D eigenvalue weighted by Crippen LogP contribution is -2.47. The largest absolute Gasteiger partial charge is 0.465 e. The number of fused-ring (bicyclic) bond motifs is 1. The molecule has 5 rings (SSSR count). The van der Waals surface area contributed by atoms with E-state index in [1.165, 1.54) is 11.0 Å². The van der Waals surface area contributed by atoms with Crippen LogP contribution in [0, 0.1) is 5.92 Å². The Morgan fingerprint density at radius 1 is 1.14 bits per heavy atom. The highest BCUT2D eigenvalue weighted by molar-refractivity contribution is 5.76. The Labute approximate surface area is 249 Å². The van der Waals surface area contributed by atoms with Crippen LogP contribution < -0.4 is 10.6 Å². The van der Waals surface area contributed by atoms with Crippen molar-refractivity contribution in [2.24, 2.45) is 5.92 Å². The van der Waals surface area contributed by atoms with Gasteiger partial charge in [0.1, 0.15) is 5.52 Å². The fourth-order valence-electron chi connectivity index (χ4n) is 5.99. The van der Waals surface area contributed by atoms with Crippen LogP contribution in [-0.2, 0) is 10.9 Å². The molecule has 0 radical (unpaired) electrons. The molecule has 0 atom stereocenters. The summed E-state index contributed by atoms with van der Waals surface area (Å²) in [5.41, 5.74) is -0.0946. The summed E-state index contributed by atoms with van der Waals surface area (Å²) >= 11 is 0. The molecule has 3 aromatic rings. The fourth-order valence-corrected chi connectivity index (χ4v) is 5.99. The SMILES string of the molecule is CC1(Nc2ncc3nc(Nc4cccc(C(F)(F)F)c4)n([C@H]4CC[C@H](CN(C(=O)O)C(C)(C)C)CC4)c3n2)CCOCC1. The van der Waals surface area contributed by atoms with Gasteiger partial charge in [-0.25, -0.2) is 14.8 Å². The third kappa shape index (κ3) is 7.14. The van der Waals surface area contributed by atoms with Crippen LogP contribution in [-0.4, -0.2) is 66.5 Å². The third-order valence-corrected chi connectivity index (χ3v) is 8.55. The number of carbonyl (C=O) groups is 1. The van der Waals surface area contributed by atoms with Crippen molar-refractivity contribution in [3.8, 4) is 0 Å². The average Bonchev–Trinajstić information content (AvgIpc) is 3.28. The van der Waals surface area contributed by atoms with Gasteiger partial charge in [0, 0.05) is 42.6 Å². The second kappa shape index (κ2) is 11.8. The number of hydrogen-bond donors (Lipinski definition) is 3. The van der Waals surface area contributed by atoms with E-state index in [1.54, 1.807) is 12.3 Å². The van der Waals surface area contributed by atoms with Crippen molar-refractivity contribution in [1.82, 2.24) is 24.4 Å². The first-order valence-electron chi connectivity index (χ1n) is 14.8. The Balaban J connectivity index is 1.45. The van der Waals surface area contributed by atoms with Crippen molar-refractivity contribution in [3.05, 3.63) is 36.0 Å². The smallest absolute Gasteiger partial charge is 0.416 e. The van der Waals surface area contributed by atoms with Gasteiger partial charge in [-0.3, -0.25) is 4.57 Å². The van der Waals surface area contributed by atoms with Crippen LogP contribution in [0.1, 0.15) is 77.8 Å². The minimum atomic E-state index is -4.47.